The molecule has 0 radical (unpaired) electrons. The second-order valence-corrected chi connectivity index (χ2v) is 5.04. The Bertz CT molecular complexity index is 239. The quantitative estimate of drug-likeness (QED) is 0.417. The third-order valence-corrected chi connectivity index (χ3v) is 3.28. The molecule has 0 saturated carbocycles. The predicted molar refractivity (Wildman–Crippen MR) is 78.2 cm³/mol. The van der Waals surface area contributed by atoms with Crippen molar-refractivity contribution >= 4 is 6.09 Å². The van der Waals surface area contributed by atoms with E-state index in [4.69, 9.17) is 16.6 Å². The molecule has 0 aromatic rings. The number of carboxylic acid groups (broad SMARTS) is 1. The molecule has 0 saturated heterocycles. The Balaban J connectivity index is 3.79. The van der Waals surface area contributed by atoms with Crippen LogP contribution in [0.5, 0.6) is 0 Å². The van der Waals surface area contributed by atoms with Gasteiger partial charge in [-0.05, 0) is 59.2 Å². The number of nitrogens with zero attached hydrogens (tertiary/aromatic N) is 1. The van der Waals surface area contributed by atoms with Gasteiger partial charge in [0, 0.05) is 18.6 Å². The molecule has 2 atom stereocenters. The van der Waals surface area contributed by atoms with Crippen LogP contribution in [0.2, 0.25) is 0 Å². The lowest BCUT2D eigenvalue weighted by molar-refractivity contribution is 0.125. The Kier molecular flexibility index (Phi) is 10.5. The molecule has 114 valence electrons. The first kappa shape index (κ1) is 18.1. The van der Waals surface area contributed by atoms with Gasteiger partial charge in [0.2, 0.25) is 0 Å². The molecule has 0 aromatic heterocycles. The zero-order valence-corrected chi connectivity index (χ0v) is 12.3. The van der Waals surface area contributed by atoms with Crippen molar-refractivity contribution in [1.82, 2.24) is 10.2 Å². The molecule has 2 unspecified atom stereocenters. The molecule has 0 fully saturated rings. The molecule has 0 spiro atoms. The van der Waals surface area contributed by atoms with E-state index < -0.39 is 6.09 Å². The molecular weight excluding hydrogens is 244 g/mol. The van der Waals surface area contributed by atoms with Crippen LogP contribution >= 0.6 is 0 Å². The fourth-order valence-corrected chi connectivity index (χ4v) is 2.01. The highest BCUT2D eigenvalue weighted by molar-refractivity contribution is 5.65. The molecule has 19 heavy (non-hydrogen) atoms. The normalized spacial score (nSPS) is 14.1. The summed E-state index contributed by atoms with van der Waals surface area (Å²) in [6, 6.07) is 0.420. The van der Waals surface area contributed by atoms with Crippen molar-refractivity contribution in [1.29, 1.82) is 0 Å². The molecule has 1 amide bonds. The Labute approximate surface area is 116 Å². The predicted octanol–water partition coefficient (Wildman–Crippen LogP) is 0.811. The van der Waals surface area contributed by atoms with E-state index in [0.29, 0.717) is 32.1 Å². The minimum absolute atomic E-state index is 0.00776. The average Bonchev–Trinajstić information content (AvgIpc) is 2.33. The van der Waals surface area contributed by atoms with Gasteiger partial charge in [-0.3, -0.25) is 0 Å². The molecule has 0 aromatic carbocycles. The Morgan fingerprint density at radius 1 is 1.21 bits per heavy atom. The lowest BCUT2D eigenvalue weighted by Gasteiger charge is -2.26. The number of nitrogens with one attached hydrogen (secondary N) is 1. The van der Waals surface area contributed by atoms with Gasteiger partial charge in [0.1, 0.15) is 0 Å². The molecule has 0 heterocycles. The summed E-state index contributed by atoms with van der Waals surface area (Å²) in [5.74, 6) is 0. The lowest BCUT2D eigenvalue weighted by atomic mass is 10.2. The average molecular weight is 274 g/mol. The van der Waals surface area contributed by atoms with E-state index in [-0.39, 0.29) is 6.04 Å². The van der Waals surface area contributed by atoms with Gasteiger partial charge in [0.25, 0.3) is 0 Å². The fourth-order valence-electron chi connectivity index (χ4n) is 2.01. The first-order valence-corrected chi connectivity index (χ1v) is 7.16. The van der Waals surface area contributed by atoms with E-state index in [1.165, 1.54) is 4.90 Å². The summed E-state index contributed by atoms with van der Waals surface area (Å²) in [5.41, 5.74) is 10.9. The largest absolute Gasteiger partial charge is 0.465 e. The van der Waals surface area contributed by atoms with Crippen LogP contribution in [0.1, 0.15) is 39.5 Å². The summed E-state index contributed by atoms with van der Waals surface area (Å²) < 4.78 is 0. The molecule has 0 aliphatic rings. The Hall–Kier alpha value is -0.850. The number of rotatable bonds is 11. The van der Waals surface area contributed by atoms with Gasteiger partial charge in [0.05, 0.1) is 0 Å². The van der Waals surface area contributed by atoms with Crippen LogP contribution in [0.4, 0.5) is 4.79 Å². The number of hydrogen-bond donors (Lipinski definition) is 4. The standard InChI is InChI=1S/C13H30N4O2/c1-11(5-7-14)16-9-3-4-10-17(13(18)19)12(2)6-8-15/h11-12,16H,3-10,14-15H2,1-2H3,(H,18,19). The third kappa shape index (κ3) is 8.80. The van der Waals surface area contributed by atoms with Crippen LogP contribution in [-0.4, -0.2) is 54.4 Å². The molecular formula is C13H30N4O2. The minimum Gasteiger partial charge on any atom is -0.465 e. The van der Waals surface area contributed by atoms with E-state index in [0.717, 1.165) is 25.8 Å². The fraction of sp³-hybridized carbons (Fsp3) is 0.923. The van der Waals surface area contributed by atoms with Crippen LogP contribution < -0.4 is 16.8 Å². The van der Waals surface area contributed by atoms with Crippen molar-refractivity contribution in [2.45, 2.75) is 51.6 Å². The van der Waals surface area contributed by atoms with Crippen LogP contribution in [0, 0.1) is 0 Å². The Morgan fingerprint density at radius 3 is 2.37 bits per heavy atom. The summed E-state index contributed by atoms with van der Waals surface area (Å²) in [6.45, 7) is 6.70. The number of carbonyl (C=O) groups is 1. The zero-order valence-electron chi connectivity index (χ0n) is 12.3. The van der Waals surface area contributed by atoms with Crippen molar-refractivity contribution in [2.24, 2.45) is 11.5 Å². The minimum atomic E-state index is -0.856. The maximum Gasteiger partial charge on any atom is 0.407 e. The van der Waals surface area contributed by atoms with Crippen molar-refractivity contribution in [2.75, 3.05) is 26.2 Å². The lowest BCUT2D eigenvalue weighted by Crippen LogP contribution is -2.39. The van der Waals surface area contributed by atoms with Gasteiger partial charge in [-0.1, -0.05) is 0 Å². The third-order valence-electron chi connectivity index (χ3n) is 3.28. The molecule has 0 bridgehead atoms. The summed E-state index contributed by atoms with van der Waals surface area (Å²) >= 11 is 0. The molecule has 6 heteroatoms. The number of amides is 1. The highest BCUT2D eigenvalue weighted by Gasteiger charge is 2.17. The van der Waals surface area contributed by atoms with E-state index in [1.807, 2.05) is 6.92 Å². The van der Waals surface area contributed by atoms with Crippen molar-refractivity contribution in [3.8, 4) is 0 Å². The van der Waals surface area contributed by atoms with Crippen LogP contribution in [-0.2, 0) is 0 Å². The zero-order chi connectivity index (χ0) is 14.7. The number of unbranched alkanes of at least 4 members (excludes halogenated alkanes) is 1. The summed E-state index contributed by atoms with van der Waals surface area (Å²) in [4.78, 5) is 12.6. The first-order valence-electron chi connectivity index (χ1n) is 7.16. The van der Waals surface area contributed by atoms with E-state index in [2.05, 4.69) is 12.2 Å². The van der Waals surface area contributed by atoms with Crippen molar-refractivity contribution in [3.63, 3.8) is 0 Å². The van der Waals surface area contributed by atoms with Crippen LogP contribution in [0.15, 0.2) is 0 Å². The Morgan fingerprint density at radius 2 is 1.84 bits per heavy atom. The first-order chi connectivity index (χ1) is 9.02. The topological polar surface area (TPSA) is 105 Å². The summed E-state index contributed by atoms with van der Waals surface area (Å²) in [7, 11) is 0. The van der Waals surface area contributed by atoms with Crippen molar-refractivity contribution in [3.05, 3.63) is 0 Å². The van der Waals surface area contributed by atoms with Gasteiger partial charge in [-0.15, -0.1) is 0 Å². The van der Waals surface area contributed by atoms with Gasteiger partial charge in [-0.2, -0.15) is 0 Å². The van der Waals surface area contributed by atoms with E-state index in [9.17, 15) is 4.79 Å². The van der Waals surface area contributed by atoms with Crippen LogP contribution in [0.25, 0.3) is 0 Å². The monoisotopic (exact) mass is 274 g/mol. The maximum absolute atomic E-state index is 11.1. The molecule has 0 aliphatic heterocycles. The van der Waals surface area contributed by atoms with E-state index >= 15 is 0 Å². The molecule has 0 aliphatic carbocycles. The highest BCUT2D eigenvalue weighted by Crippen LogP contribution is 2.05. The maximum atomic E-state index is 11.1. The number of hydrogen-bond acceptors (Lipinski definition) is 4. The number of nitrogens with two attached hydrogens (primary N) is 2. The molecule has 0 rings (SSSR count). The van der Waals surface area contributed by atoms with Gasteiger partial charge in [0.15, 0.2) is 0 Å². The molecule has 6 N–H and O–H groups in total. The second-order valence-electron chi connectivity index (χ2n) is 5.04. The second kappa shape index (κ2) is 11.0. The van der Waals surface area contributed by atoms with Gasteiger partial charge in [-0.25, -0.2) is 4.79 Å². The van der Waals surface area contributed by atoms with Gasteiger partial charge >= 0.3 is 6.09 Å². The summed E-state index contributed by atoms with van der Waals surface area (Å²) in [6.07, 6.45) is 2.65. The smallest absolute Gasteiger partial charge is 0.407 e. The van der Waals surface area contributed by atoms with Crippen LogP contribution in [0.3, 0.4) is 0 Å². The summed E-state index contributed by atoms with van der Waals surface area (Å²) in [5, 5.41) is 12.5. The van der Waals surface area contributed by atoms with Gasteiger partial charge < -0.3 is 26.8 Å². The van der Waals surface area contributed by atoms with Crippen molar-refractivity contribution < 1.29 is 9.90 Å². The highest BCUT2D eigenvalue weighted by atomic mass is 16.4. The van der Waals surface area contributed by atoms with E-state index in [1.54, 1.807) is 0 Å². The molecule has 6 nitrogen and oxygen atoms in total. The SMILES string of the molecule is CC(CCN)NCCCCN(C(=O)O)C(C)CCN.